The number of carbonyl (C=O) groups is 2. The second-order valence-corrected chi connectivity index (χ2v) is 6.26. The van der Waals surface area contributed by atoms with Crippen LogP contribution in [0.4, 0.5) is 0 Å². The Labute approximate surface area is 140 Å². The molecule has 8 heteroatoms. The lowest BCUT2D eigenvalue weighted by Gasteiger charge is -2.31. The predicted octanol–water partition coefficient (Wildman–Crippen LogP) is 0.00290. The van der Waals surface area contributed by atoms with E-state index in [-0.39, 0.29) is 23.6 Å². The van der Waals surface area contributed by atoms with Gasteiger partial charge in [0.15, 0.2) is 0 Å². The molecule has 0 aromatic carbocycles. The fraction of sp³-hybridized carbons (Fsp3) is 0.625. The highest BCUT2D eigenvalue weighted by Crippen LogP contribution is 2.32. The maximum atomic E-state index is 12.0. The zero-order valence-electron chi connectivity index (χ0n) is 13.7. The van der Waals surface area contributed by atoms with Crippen molar-refractivity contribution in [2.24, 2.45) is 0 Å². The van der Waals surface area contributed by atoms with Gasteiger partial charge < -0.3 is 19.7 Å². The van der Waals surface area contributed by atoms with Gasteiger partial charge in [-0.2, -0.15) is 0 Å². The SMILES string of the molecule is CC(=O)N1CCOCC2(CCC(CNC(=O)c3cnccn3)O2)C1. The van der Waals surface area contributed by atoms with E-state index >= 15 is 0 Å². The summed E-state index contributed by atoms with van der Waals surface area (Å²) < 4.78 is 11.8. The van der Waals surface area contributed by atoms with Crippen molar-refractivity contribution in [3.63, 3.8) is 0 Å². The van der Waals surface area contributed by atoms with Crippen LogP contribution < -0.4 is 5.32 Å². The number of rotatable bonds is 3. The van der Waals surface area contributed by atoms with Gasteiger partial charge in [-0.15, -0.1) is 0 Å². The highest BCUT2D eigenvalue weighted by Gasteiger charge is 2.43. The van der Waals surface area contributed by atoms with Crippen LogP contribution in [0.5, 0.6) is 0 Å². The number of amides is 2. The number of ether oxygens (including phenoxy) is 2. The van der Waals surface area contributed by atoms with Crippen LogP contribution in [0.1, 0.15) is 30.3 Å². The van der Waals surface area contributed by atoms with Crippen molar-refractivity contribution in [2.45, 2.75) is 31.5 Å². The van der Waals surface area contributed by atoms with Crippen molar-refractivity contribution < 1.29 is 19.1 Å². The number of hydrogen-bond donors (Lipinski definition) is 1. The molecule has 130 valence electrons. The van der Waals surface area contributed by atoms with Gasteiger partial charge in [-0.1, -0.05) is 0 Å². The van der Waals surface area contributed by atoms with Crippen molar-refractivity contribution in [3.05, 3.63) is 24.3 Å². The summed E-state index contributed by atoms with van der Waals surface area (Å²) >= 11 is 0. The molecule has 1 N–H and O–H groups in total. The maximum absolute atomic E-state index is 12.0. The largest absolute Gasteiger partial charge is 0.377 e. The Bertz CT molecular complexity index is 597. The molecule has 1 aromatic rings. The van der Waals surface area contributed by atoms with Crippen LogP contribution in [0.15, 0.2) is 18.6 Å². The lowest BCUT2D eigenvalue weighted by atomic mass is 10.00. The fourth-order valence-electron chi connectivity index (χ4n) is 3.15. The Hall–Kier alpha value is -2.06. The maximum Gasteiger partial charge on any atom is 0.271 e. The number of hydrogen-bond acceptors (Lipinski definition) is 6. The van der Waals surface area contributed by atoms with Gasteiger partial charge in [0.25, 0.3) is 5.91 Å². The van der Waals surface area contributed by atoms with E-state index in [9.17, 15) is 9.59 Å². The average molecular weight is 334 g/mol. The van der Waals surface area contributed by atoms with Gasteiger partial charge >= 0.3 is 0 Å². The highest BCUT2D eigenvalue weighted by atomic mass is 16.6. The van der Waals surface area contributed by atoms with Gasteiger partial charge in [0.1, 0.15) is 11.3 Å². The first kappa shape index (κ1) is 16.8. The van der Waals surface area contributed by atoms with E-state index in [0.29, 0.717) is 32.8 Å². The number of carbonyl (C=O) groups excluding carboxylic acids is 2. The zero-order chi connectivity index (χ0) is 17.0. The van der Waals surface area contributed by atoms with Gasteiger partial charge in [-0.25, -0.2) is 4.98 Å². The van der Waals surface area contributed by atoms with Crippen LogP contribution in [0.25, 0.3) is 0 Å². The number of nitrogens with zero attached hydrogens (tertiary/aromatic N) is 3. The Balaban J connectivity index is 1.55. The van der Waals surface area contributed by atoms with Crippen molar-refractivity contribution in [1.29, 1.82) is 0 Å². The first-order chi connectivity index (χ1) is 11.6. The van der Waals surface area contributed by atoms with Crippen LogP contribution in [0.2, 0.25) is 0 Å². The summed E-state index contributed by atoms with van der Waals surface area (Å²) in [5, 5.41) is 2.82. The molecule has 0 bridgehead atoms. The quantitative estimate of drug-likeness (QED) is 0.836. The molecule has 2 amide bonds. The van der Waals surface area contributed by atoms with Crippen LogP contribution in [0.3, 0.4) is 0 Å². The summed E-state index contributed by atoms with van der Waals surface area (Å²) in [6, 6.07) is 0. The molecule has 1 aromatic heterocycles. The molecule has 0 radical (unpaired) electrons. The smallest absolute Gasteiger partial charge is 0.271 e. The van der Waals surface area contributed by atoms with Crippen LogP contribution in [-0.2, 0) is 14.3 Å². The minimum absolute atomic E-state index is 0.0304. The lowest BCUT2D eigenvalue weighted by Crippen LogP contribution is -2.46. The van der Waals surface area contributed by atoms with Gasteiger partial charge in [-0.3, -0.25) is 14.6 Å². The van der Waals surface area contributed by atoms with E-state index in [1.165, 1.54) is 18.6 Å². The summed E-state index contributed by atoms with van der Waals surface area (Å²) in [4.78, 5) is 33.3. The van der Waals surface area contributed by atoms with Crippen molar-refractivity contribution in [1.82, 2.24) is 20.2 Å². The Morgan fingerprint density at radius 2 is 2.33 bits per heavy atom. The molecule has 2 unspecified atom stereocenters. The molecular formula is C16H22N4O4. The summed E-state index contributed by atoms with van der Waals surface area (Å²) in [5.41, 5.74) is -0.185. The molecule has 0 saturated carbocycles. The van der Waals surface area contributed by atoms with E-state index in [4.69, 9.17) is 9.47 Å². The van der Waals surface area contributed by atoms with E-state index in [1.54, 1.807) is 11.8 Å². The minimum atomic E-state index is -0.468. The molecule has 2 atom stereocenters. The molecule has 2 aliphatic rings. The Morgan fingerprint density at radius 1 is 1.46 bits per heavy atom. The first-order valence-corrected chi connectivity index (χ1v) is 8.13. The molecule has 0 aliphatic carbocycles. The normalized spacial score (nSPS) is 27.0. The number of aromatic nitrogens is 2. The van der Waals surface area contributed by atoms with Crippen molar-refractivity contribution in [2.75, 3.05) is 32.8 Å². The van der Waals surface area contributed by atoms with Gasteiger partial charge in [0, 0.05) is 32.4 Å². The van der Waals surface area contributed by atoms with Crippen molar-refractivity contribution >= 4 is 11.8 Å². The first-order valence-electron chi connectivity index (χ1n) is 8.13. The van der Waals surface area contributed by atoms with E-state index in [1.807, 2.05) is 0 Å². The molecule has 2 saturated heterocycles. The molecule has 24 heavy (non-hydrogen) atoms. The highest BCUT2D eigenvalue weighted by molar-refractivity contribution is 5.91. The second kappa shape index (κ2) is 7.23. The predicted molar refractivity (Wildman–Crippen MR) is 84.3 cm³/mol. The Morgan fingerprint density at radius 3 is 3.08 bits per heavy atom. The average Bonchev–Trinajstić information content (AvgIpc) is 2.86. The standard InChI is InChI=1S/C16H22N4O4/c1-12(21)20-6-7-23-11-16(10-20)3-2-13(24-16)8-19-15(22)14-9-17-4-5-18-14/h4-5,9,13H,2-3,6-8,10-11H2,1H3,(H,19,22). The molecule has 3 rings (SSSR count). The third kappa shape index (κ3) is 3.88. The summed E-state index contributed by atoms with van der Waals surface area (Å²) in [7, 11) is 0. The number of nitrogens with one attached hydrogen (secondary N) is 1. The Kier molecular flexibility index (Phi) is 5.06. The molecular weight excluding hydrogens is 312 g/mol. The molecule has 8 nitrogen and oxygen atoms in total. The zero-order valence-corrected chi connectivity index (χ0v) is 13.7. The summed E-state index contributed by atoms with van der Waals surface area (Å²) in [6.07, 6.45) is 5.96. The van der Waals surface area contributed by atoms with Crippen LogP contribution >= 0.6 is 0 Å². The van der Waals surface area contributed by atoms with Crippen LogP contribution in [0, 0.1) is 0 Å². The summed E-state index contributed by atoms with van der Waals surface area (Å²) in [6.45, 7) is 4.10. The van der Waals surface area contributed by atoms with Crippen molar-refractivity contribution in [3.8, 4) is 0 Å². The van der Waals surface area contributed by atoms with Gasteiger partial charge in [0.05, 0.1) is 32.1 Å². The molecule has 2 fully saturated rings. The molecule has 3 heterocycles. The van der Waals surface area contributed by atoms with Crippen LogP contribution in [-0.4, -0.2) is 71.2 Å². The summed E-state index contributed by atoms with van der Waals surface area (Å²) in [5.74, 6) is -0.238. The van der Waals surface area contributed by atoms with Gasteiger partial charge in [0.2, 0.25) is 5.91 Å². The minimum Gasteiger partial charge on any atom is -0.377 e. The topological polar surface area (TPSA) is 93.7 Å². The van der Waals surface area contributed by atoms with E-state index < -0.39 is 5.60 Å². The third-order valence-corrected chi connectivity index (χ3v) is 4.42. The monoisotopic (exact) mass is 334 g/mol. The fourth-order valence-corrected chi connectivity index (χ4v) is 3.15. The second-order valence-electron chi connectivity index (χ2n) is 6.26. The van der Waals surface area contributed by atoms with Gasteiger partial charge in [-0.05, 0) is 12.8 Å². The van der Waals surface area contributed by atoms with E-state index in [0.717, 1.165) is 12.8 Å². The van der Waals surface area contributed by atoms with E-state index in [2.05, 4.69) is 15.3 Å². The third-order valence-electron chi connectivity index (χ3n) is 4.42. The molecule has 2 aliphatic heterocycles. The molecule has 1 spiro atoms. The lowest BCUT2D eigenvalue weighted by molar-refractivity contribution is -0.133.